The summed E-state index contributed by atoms with van der Waals surface area (Å²) in [7, 11) is 0. The fourth-order valence-corrected chi connectivity index (χ4v) is 5.19. The molecule has 2 heterocycles. The van der Waals surface area contributed by atoms with E-state index in [-0.39, 0.29) is 23.7 Å². The van der Waals surface area contributed by atoms with Gasteiger partial charge in [-0.3, -0.25) is 9.69 Å². The van der Waals surface area contributed by atoms with Crippen molar-refractivity contribution in [1.29, 1.82) is 0 Å². The zero-order chi connectivity index (χ0) is 23.2. The van der Waals surface area contributed by atoms with Crippen molar-refractivity contribution in [3.05, 3.63) is 69.4 Å². The van der Waals surface area contributed by atoms with Crippen molar-refractivity contribution in [2.75, 3.05) is 11.4 Å². The highest BCUT2D eigenvalue weighted by Crippen LogP contribution is 2.45. The van der Waals surface area contributed by atoms with Crippen LogP contribution in [0.3, 0.4) is 0 Å². The molecule has 2 aromatic rings. The maximum Gasteiger partial charge on any atom is 0.329 e. The molecule has 5 nitrogen and oxygen atoms in total. The first-order valence-corrected chi connectivity index (χ1v) is 11.5. The molecule has 0 aromatic heterocycles. The van der Waals surface area contributed by atoms with E-state index in [2.05, 4.69) is 44.0 Å². The topological polar surface area (TPSA) is 52.7 Å². The van der Waals surface area contributed by atoms with Crippen molar-refractivity contribution < 1.29 is 9.59 Å². The van der Waals surface area contributed by atoms with Crippen LogP contribution in [0.25, 0.3) is 6.08 Å². The summed E-state index contributed by atoms with van der Waals surface area (Å²) in [6.07, 6.45) is 2.73. The van der Waals surface area contributed by atoms with Crippen LogP contribution in [0.4, 0.5) is 10.5 Å². The molecule has 1 N–H and O–H groups in total. The van der Waals surface area contributed by atoms with Gasteiger partial charge in [-0.25, -0.2) is 4.79 Å². The van der Waals surface area contributed by atoms with Crippen LogP contribution in [0.1, 0.15) is 62.3 Å². The number of aryl methyl sites for hydroxylation is 1. The van der Waals surface area contributed by atoms with E-state index in [1.165, 1.54) is 10.5 Å². The third-order valence-electron chi connectivity index (χ3n) is 6.54. The van der Waals surface area contributed by atoms with E-state index >= 15 is 0 Å². The number of amides is 3. The second-order valence-corrected chi connectivity index (χ2v) is 9.87. The monoisotopic (exact) mass is 451 g/mol. The van der Waals surface area contributed by atoms with Crippen LogP contribution >= 0.6 is 11.6 Å². The maximum atomic E-state index is 13.0. The Bertz CT molecular complexity index is 1100. The lowest BCUT2D eigenvalue weighted by Crippen LogP contribution is -2.48. The average molecular weight is 452 g/mol. The summed E-state index contributed by atoms with van der Waals surface area (Å²) in [6, 6.07) is 11.5. The van der Waals surface area contributed by atoms with Gasteiger partial charge >= 0.3 is 6.03 Å². The highest BCUT2D eigenvalue weighted by molar-refractivity contribution is 6.32. The number of fused-ring (bicyclic) bond motifs is 1. The molecule has 0 radical (unpaired) electrons. The molecule has 0 bridgehead atoms. The summed E-state index contributed by atoms with van der Waals surface area (Å²) in [5, 5.41) is 3.28. The van der Waals surface area contributed by atoms with Crippen LogP contribution in [0.15, 0.2) is 42.1 Å². The molecule has 168 valence electrons. The number of hydrogen-bond acceptors (Lipinski definition) is 3. The minimum atomic E-state index is -0.414. The molecule has 4 rings (SSSR count). The number of hydrogen-bond donors (Lipinski definition) is 1. The van der Waals surface area contributed by atoms with Crippen LogP contribution in [-0.4, -0.2) is 28.9 Å². The number of benzene rings is 2. The van der Waals surface area contributed by atoms with Crippen molar-refractivity contribution >= 4 is 35.3 Å². The number of nitrogens with one attached hydrogen (secondary N) is 1. The Kier molecular flexibility index (Phi) is 5.80. The Labute approximate surface area is 195 Å². The Morgan fingerprint density at radius 2 is 1.88 bits per heavy atom. The van der Waals surface area contributed by atoms with Gasteiger partial charge in [0.15, 0.2) is 0 Å². The normalized spacial score (nSPS) is 21.2. The summed E-state index contributed by atoms with van der Waals surface area (Å²) >= 11 is 6.66. The average Bonchev–Trinajstić information content (AvgIpc) is 2.98. The number of nitrogens with zero attached hydrogens (tertiary/aromatic N) is 2. The fraction of sp³-hybridized carbons (Fsp3) is 0.385. The zero-order valence-corrected chi connectivity index (χ0v) is 20.1. The van der Waals surface area contributed by atoms with Gasteiger partial charge < -0.3 is 10.2 Å². The van der Waals surface area contributed by atoms with Crippen molar-refractivity contribution in [3.8, 4) is 0 Å². The van der Waals surface area contributed by atoms with E-state index in [9.17, 15) is 9.59 Å². The number of halogens is 1. The predicted molar refractivity (Wildman–Crippen MR) is 130 cm³/mol. The van der Waals surface area contributed by atoms with E-state index in [0.29, 0.717) is 10.9 Å². The lowest BCUT2D eigenvalue weighted by molar-refractivity contribution is -0.123. The minimum Gasteiger partial charge on any atom is -0.366 e. The van der Waals surface area contributed by atoms with Gasteiger partial charge in [0.2, 0.25) is 0 Å². The zero-order valence-electron chi connectivity index (χ0n) is 19.3. The summed E-state index contributed by atoms with van der Waals surface area (Å²) in [6.45, 7) is 12.0. The molecule has 6 heteroatoms. The van der Waals surface area contributed by atoms with Crippen molar-refractivity contribution in [2.45, 2.75) is 59.0 Å². The number of anilines is 1. The molecule has 2 aromatic carbocycles. The van der Waals surface area contributed by atoms with Gasteiger partial charge in [0.05, 0.1) is 6.54 Å². The first-order valence-electron chi connectivity index (χ1n) is 11.1. The van der Waals surface area contributed by atoms with Crippen molar-refractivity contribution in [1.82, 2.24) is 10.2 Å². The molecule has 1 atom stereocenters. The SMILES string of the molecule is CCN1c2cc(Cl)c(/C=C3/NC(=O)N(Cc4ccc(C)cc4)C3=O)cc2C(C)CC1(C)C. The molecule has 0 spiro atoms. The van der Waals surface area contributed by atoms with Crippen LogP contribution < -0.4 is 10.2 Å². The third kappa shape index (κ3) is 4.02. The van der Waals surface area contributed by atoms with E-state index in [1.807, 2.05) is 37.3 Å². The molecule has 3 amide bonds. The number of carbonyl (C=O) groups is 2. The predicted octanol–water partition coefficient (Wildman–Crippen LogP) is 5.85. The van der Waals surface area contributed by atoms with Gasteiger partial charge in [0.1, 0.15) is 5.70 Å². The van der Waals surface area contributed by atoms with E-state index in [1.54, 1.807) is 6.08 Å². The Morgan fingerprint density at radius 3 is 2.53 bits per heavy atom. The van der Waals surface area contributed by atoms with Gasteiger partial charge in [-0.05, 0) is 74.9 Å². The smallest absolute Gasteiger partial charge is 0.329 e. The van der Waals surface area contributed by atoms with Crippen LogP contribution in [0.5, 0.6) is 0 Å². The number of urea groups is 1. The highest BCUT2D eigenvalue weighted by atomic mass is 35.5. The summed E-state index contributed by atoms with van der Waals surface area (Å²) in [5.41, 5.74) is 5.45. The molecule has 0 aliphatic carbocycles. The number of rotatable bonds is 4. The second-order valence-electron chi connectivity index (χ2n) is 9.46. The molecule has 32 heavy (non-hydrogen) atoms. The fourth-order valence-electron chi connectivity index (χ4n) is 4.98. The maximum absolute atomic E-state index is 13.0. The van der Waals surface area contributed by atoms with E-state index in [0.717, 1.165) is 35.3 Å². The lowest BCUT2D eigenvalue weighted by Gasteiger charge is -2.47. The Balaban J connectivity index is 1.64. The van der Waals surface area contributed by atoms with Crippen molar-refractivity contribution in [2.24, 2.45) is 0 Å². The molecule has 2 aliphatic rings. The van der Waals surface area contributed by atoms with Crippen molar-refractivity contribution in [3.63, 3.8) is 0 Å². The van der Waals surface area contributed by atoms with Gasteiger partial charge in [-0.1, -0.05) is 48.4 Å². The summed E-state index contributed by atoms with van der Waals surface area (Å²) in [5.74, 6) is 0.0258. The molecular formula is C26H30ClN3O2. The van der Waals surface area contributed by atoms with Gasteiger partial charge in [0, 0.05) is 22.8 Å². The largest absolute Gasteiger partial charge is 0.366 e. The quantitative estimate of drug-likeness (QED) is 0.468. The van der Waals surface area contributed by atoms with Gasteiger partial charge in [-0.2, -0.15) is 0 Å². The third-order valence-corrected chi connectivity index (χ3v) is 6.87. The molecule has 0 saturated carbocycles. The minimum absolute atomic E-state index is 0.0519. The van der Waals surface area contributed by atoms with E-state index < -0.39 is 6.03 Å². The number of imide groups is 1. The van der Waals surface area contributed by atoms with Crippen LogP contribution in [0, 0.1) is 6.92 Å². The molecule has 1 unspecified atom stereocenters. The molecule has 1 saturated heterocycles. The van der Waals surface area contributed by atoms with Gasteiger partial charge in [-0.15, -0.1) is 0 Å². The Morgan fingerprint density at radius 1 is 1.19 bits per heavy atom. The highest BCUT2D eigenvalue weighted by Gasteiger charge is 2.37. The summed E-state index contributed by atoms with van der Waals surface area (Å²) < 4.78 is 0. The standard InChI is InChI=1S/C26H30ClN3O2/c1-6-30-23-13-21(27)19(11-20(23)17(3)14-26(30,4)5)12-22-24(31)29(25(32)28-22)15-18-9-7-16(2)8-10-18/h7-13,17H,6,14-15H2,1-5H3,(H,28,32)/b22-12+. The molecule has 2 aliphatic heterocycles. The summed E-state index contributed by atoms with van der Waals surface area (Å²) in [4.78, 5) is 29.1. The number of carbonyl (C=O) groups excluding carboxylic acids is 2. The van der Waals surface area contributed by atoms with Gasteiger partial charge in [0.25, 0.3) is 5.91 Å². The van der Waals surface area contributed by atoms with Crippen LogP contribution in [-0.2, 0) is 11.3 Å². The first-order chi connectivity index (χ1) is 15.1. The first kappa shape index (κ1) is 22.4. The molecule has 1 fully saturated rings. The van der Waals surface area contributed by atoms with E-state index in [4.69, 9.17) is 11.6 Å². The van der Waals surface area contributed by atoms with Crippen LogP contribution in [0.2, 0.25) is 5.02 Å². The lowest BCUT2D eigenvalue weighted by atomic mass is 9.79. The second kappa shape index (κ2) is 8.28. The Hall–Kier alpha value is -2.79. The molecular weight excluding hydrogens is 422 g/mol.